The number of anilines is 1. The number of thiazole rings is 1. The van der Waals surface area contributed by atoms with E-state index in [0.717, 1.165) is 34.0 Å². The molecule has 2 aromatic heterocycles. The van der Waals surface area contributed by atoms with Crippen molar-refractivity contribution < 1.29 is 4.74 Å². The van der Waals surface area contributed by atoms with Crippen molar-refractivity contribution in [1.82, 2.24) is 9.97 Å². The number of nitrogens with two attached hydrogens (primary N) is 1. The second-order valence-electron chi connectivity index (χ2n) is 4.60. The molecule has 2 N–H and O–H groups in total. The van der Waals surface area contributed by atoms with Crippen LogP contribution in [0.1, 0.15) is 5.69 Å². The molecule has 0 aliphatic rings. The van der Waals surface area contributed by atoms with E-state index in [-0.39, 0.29) is 0 Å². The third-order valence-electron chi connectivity index (χ3n) is 3.27. The Morgan fingerprint density at radius 2 is 1.81 bits per heavy atom. The van der Waals surface area contributed by atoms with Crippen LogP contribution in [0.4, 0.5) is 5.13 Å². The maximum absolute atomic E-state index is 5.70. The monoisotopic (exact) mass is 297 g/mol. The highest BCUT2D eigenvalue weighted by molar-refractivity contribution is 7.13. The van der Waals surface area contributed by atoms with Crippen LogP contribution in [0.2, 0.25) is 0 Å². The molecule has 0 bridgehead atoms. The van der Waals surface area contributed by atoms with Gasteiger partial charge in [0, 0.05) is 22.2 Å². The van der Waals surface area contributed by atoms with E-state index in [1.807, 2.05) is 48.7 Å². The lowest BCUT2D eigenvalue weighted by atomic mass is 10.1. The lowest BCUT2D eigenvalue weighted by molar-refractivity contribution is 0.416. The van der Waals surface area contributed by atoms with Crippen molar-refractivity contribution in [3.63, 3.8) is 0 Å². The predicted molar refractivity (Wildman–Crippen MR) is 86.5 cm³/mol. The molecule has 3 rings (SSSR count). The van der Waals surface area contributed by atoms with Gasteiger partial charge in [-0.15, -0.1) is 11.3 Å². The van der Waals surface area contributed by atoms with Crippen molar-refractivity contribution in [3.8, 4) is 28.3 Å². The number of pyridine rings is 1. The first-order valence-electron chi connectivity index (χ1n) is 6.51. The zero-order valence-electron chi connectivity index (χ0n) is 11.8. The zero-order valence-corrected chi connectivity index (χ0v) is 12.6. The fourth-order valence-corrected chi connectivity index (χ4v) is 2.81. The summed E-state index contributed by atoms with van der Waals surface area (Å²) in [6.07, 6.45) is 0. The van der Waals surface area contributed by atoms with Crippen LogP contribution in [0.25, 0.3) is 22.5 Å². The van der Waals surface area contributed by atoms with E-state index in [1.54, 1.807) is 7.11 Å². The van der Waals surface area contributed by atoms with E-state index >= 15 is 0 Å². The molecule has 21 heavy (non-hydrogen) atoms. The molecule has 1 aromatic carbocycles. The van der Waals surface area contributed by atoms with Crippen LogP contribution < -0.4 is 10.5 Å². The summed E-state index contributed by atoms with van der Waals surface area (Å²) in [4.78, 5) is 8.99. The highest BCUT2D eigenvalue weighted by Crippen LogP contribution is 2.31. The largest absolute Gasteiger partial charge is 0.496 e. The minimum Gasteiger partial charge on any atom is -0.496 e. The van der Waals surface area contributed by atoms with Gasteiger partial charge in [0.15, 0.2) is 5.13 Å². The number of nitrogen functional groups attached to an aromatic ring is 1. The summed E-state index contributed by atoms with van der Waals surface area (Å²) in [6, 6.07) is 11.9. The molecule has 4 nitrogen and oxygen atoms in total. The number of benzene rings is 1. The minimum atomic E-state index is 0.568. The Bertz CT molecular complexity index is 783. The van der Waals surface area contributed by atoms with Gasteiger partial charge in [-0.2, -0.15) is 0 Å². The zero-order chi connectivity index (χ0) is 14.8. The summed E-state index contributed by atoms with van der Waals surface area (Å²) < 4.78 is 5.39. The van der Waals surface area contributed by atoms with E-state index in [1.165, 1.54) is 11.3 Å². The summed E-state index contributed by atoms with van der Waals surface area (Å²) in [5.41, 5.74) is 10.4. The fourth-order valence-electron chi connectivity index (χ4n) is 2.25. The van der Waals surface area contributed by atoms with E-state index in [0.29, 0.717) is 5.13 Å². The van der Waals surface area contributed by atoms with Crippen molar-refractivity contribution in [2.45, 2.75) is 6.92 Å². The first-order chi connectivity index (χ1) is 10.2. The van der Waals surface area contributed by atoms with Crippen LogP contribution in [-0.4, -0.2) is 17.1 Å². The number of para-hydroxylation sites is 1. The highest BCUT2D eigenvalue weighted by Gasteiger charge is 2.11. The van der Waals surface area contributed by atoms with Gasteiger partial charge in [-0.05, 0) is 31.2 Å². The molecular weight excluding hydrogens is 282 g/mol. The third-order valence-corrected chi connectivity index (χ3v) is 3.94. The molecule has 0 fully saturated rings. The molecular formula is C16H15N3OS. The van der Waals surface area contributed by atoms with Crippen molar-refractivity contribution in [3.05, 3.63) is 47.5 Å². The molecule has 0 amide bonds. The third kappa shape index (κ3) is 2.60. The molecule has 0 saturated heterocycles. The molecule has 5 heteroatoms. The first-order valence-corrected chi connectivity index (χ1v) is 7.39. The fraction of sp³-hybridized carbons (Fsp3) is 0.125. The molecule has 0 saturated carbocycles. The number of ether oxygens (including phenoxy) is 1. The van der Waals surface area contributed by atoms with Gasteiger partial charge in [-0.25, -0.2) is 4.98 Å². The van der Waals surface area contributed by atoms with Crippen molar-refractivity contribution in [2.24, 2.45) is 0 Å². The second-order valence-corrected chi connectivity index (χ2v) is 5.49. The van der Waals surface area contributed by atoms with E-state index < -0.39 is 0 Å². The summed E-state index contributed by atoms with van der Waals surface area (Å²) in [7, 11) is 1.66. The number of aromatic nitrogens is 2. The van der Waals surface area contributed by atoms with Crippen molar-refractivity contribution >= 4 is 16.5 Å². The molecule has 3 aromatic rings. The normalized spacial score (nSPS) is 10.6. The Balaban J connectivity index is 2.05. The standard InChI is InChI=1S/C16H15N3OS/c1-10-11(14-9-21-16(17)19-14)7-8-13(18-10)12-5-3-4-6-15(12)20-2/h3-9H,1-2H3,(H2,17,19). The molecule has 0 spiro atoms. The summed E-state index contributed by atoms with van der Waals surface area (Å²) in [5.74, 6) is 0.815. The van der Waals surface area contributed by atoms with Gasteiger partial charge >= 0.3 is 0 Å². The van der Waals surface area contributed by atoms with E-state index in [2.05, 4.69) is 9.97 Å². The van der Waals surface area contributed by atoms with E-state index in [9.17, 15) is 0 Å². The molecule has 106 valence electrons. The number of hydrogen-bond acceptors (Lipinski definition) is 5. The minimum absolute atomic E-state index is 0.568. The number of hydrogen-bond donors (Lipinski definition) is 1. The van der Waals surface area contributed by atoms with E-state index in [4.69, 9.17) is 10.5 Å². The van der Waals surface area contributed by atoms with Crippen LogP contribution >= 0.6 is 11.3 Å². The number of methoxy groups -OCH3 is 1. The van der Waals surface area contributed by atoms with Crippen LogP contribution in [0.15, 0.2) is 41.8 Å². The maximum atomic E-state index is 5.70. The topological polar surface area (TPSA) is 61.0 Å². The summed E-state index contributed by atoms with van der Waals surface area (Å²) >= 11 is 1.43. The smallest absolute Gasteiger partial charge is 0.180 e. The van der Waals surface area contributed by atoms with Gasteiger partial charge in [-0.1, -0.05) is 12.1 Å². The molecule has 0 aliphatic heterocycles. The molecule has 0 aliphatic carbocycles. The second kappa shape index (κ2) is 5.54. The SMILES string of the molecule is COc1ccccc1-c1ccc(-c2csc(N)n2)c(C)n1. The lowest BCUT2D eigenvalue weighted by Crippen LogP contribution is -1.94. The molecule has 0 atom stereocenters. The molecule has 0 unspecified atom stereocenters. The van der Waals surface area contributed by atoms with Gasteiger partial charge in [0.1, 0.15) is 5.75 Å². The lowest BCUT2D eigenvalue weighted by Gasteiger charge is -2.09. The molecule has 0 radical (unpaired) electrons. The van der Waals surface area contributed by atoms with Gasteiger partial charge in [0.2, 0.25) is 0 Å². The maximum Gasteiger partial charge on any atom is 0.180 e. The summed E-state index contributed by atoms with van der Waals surface area (Å²) in [5, 5.41) is 2.51. The average molecular weight is 297 g/mol. The van der Waals surface area contributed by atoms with Crippen LogP contribution in [0.3, 0.4) is 0 Å². The Morgan fingerprint density at radius 3 is 2.48 bits per heavy atom. The Morgan fingerprint density at radius 1 is 1.00 bits per heavy atom. The first kappa shape index (κ1) is 13.6. The van der Waals surface area contributed by atoms with Crippen LogP contribution in [-0.2, 0) is 0 Å². The number of aryl methyl sites for hydroxylation is 1. The predicted octanol–water partition coefficient (Wildman–Crippen LogP) is 3.77. The Kier molecular flexibility index (Phi) is 3.58. The number of nitrogens with zero attached hydrogens (tertiary/aromatic N) is 2. The van der Waals surface area contributed by atoms with Crippen LogP contribution in [0, 0.1) is 6.92 Å². The number of rotatable bonds is 3. The quantitative estimate of drug-likeness (QED) is 0.799. The Hall–Kier alpha value is -2.40. The van der Waals surface area contributed by atoms with Crippen LogP contribution in [0.5, 0.6) is 5.75 Å². The Labute approximate surface area is 127 Å². The molecule has 2 heterocycles. The van der Waals surface area contributed by atoms with Gasteiger partial charge < -0.3 is 10.5 Å². The van der Waals surface area contributed by atoms with Crippen molar-refractivity contribution in [1.29, 1.82) is 0 Å². The average Bonchev–Trinajstić information content (AvgIpc) is 2.93. The van der Waals surface area contributed by atoms with Gasteiger partial charge in [-0.3, -0.25) is 4.98 Å². The summed E-state index contributed by atoms with van der Waals surface area (Å²) in [6.45, 7) is 1.98. The van der Waals surface area contributed by atoms with Gasteiger partial charge in [0.05, 0.1) is 18.5 Å². The van der Waals surface area contributed by atoms with Crippen molar-refractivity contribution in [2.75, 3.05) is 12.8 Å². The highest BCUT2D eigenvalue weighted by atomic mass is 32.1. The van der Waals surface area contributed by atoms with Gasteiger partial charge in [0.25, 0.3) is 0 Å².